The number of hydrogen-bond acceptors (Lipinski definition) is 1. The van der Waals surface area contributed by atoms with Gasteiger partial charge < -0.3 is 4.90 Å². The molecule has 0 fully saturated rings. The average molecular weight is 291 g/mol. The summed E-state index contributed by atoms with van der Waals surface area (Å²) in [5.41, 5.74) is 3.40. The molecule has 0 saturated heterocycles. The highest BCUT2D eigenvalue weighted by Crippen LogP contribution is 2.18. The second kappa shape index (κ2) is 7.28. The van der Waals surface area contributed by atoms with Gasteiger partial charge in [0.15, 0.2) is 0 Å². The Morgan fingerprint density at radius 3 is 2.55 bits per heavy atom. The van der Waals surface area contributed by atoms with Crippen LogP contribution >= 0.6 is 0 Å². The van der Waals surface area contributed by atoms with Crippen LogP contribution in [-0.4, -0.2) is 7.05 Å². The van der Waals surface area contributed by atoms with E-state index in [0.717, 1.165) is 16.9 Å². The number of allylic oxidation sites excluding steroid dienone is 3. The topological polar surface area (TPSA) is 3.24 Å². The maximum Gasteiger partial charge on any atom is 0.125 e. The zero-order chi connectivity index (χ0) is 15.9. The first-order valence-electron chi connectivity index (χ1n) is 7.00. The summed E-state index contributed by atoms with van der Waals surface area (Å²) in [5.74, 6) is 5.84. The molecule has 1 nitrogen and oxygen atoms in total. The van der Waals surface area contributed by atoms with E-state index in [2.05, 4.69) is 18.4 Å². The molecule has 0 aliphatic rings. The molecule has 0 amide bonds. The minimum Gasteiger partial charge on any atom is -0.348 e. The van der Waals surface area contributed by atoms with Gasteiger partial charge in [-0.2, -0.15) is 0 Å². The predicted molar refractivity (Wildman–Crippen MR) is 91.0 cm³/mol. The van der Waals surface area contributed by atoms with Gasteiger partial charge in [0.1, 0.15) is 5.82 Å². The number of benzene rings is 2. The van der Waals surface area contributed by atoms with E-state index in [1.54, 1.807) is 6.07 Å². The molecule has 0 spiro atoms. The van der Waals surface area contributed by atoms with Gasteiger partial charge in [0.05, 0.1) is 0 Å². The zero-order valence-electron chi connectivity index (χ0n) is 12.8. The molecular formula is C20H18FN. The Labute approximate surface area is 131 Å². The van der Waals surface area contributed by atoms with Gasteiger partial charge >= 0.3 is 0 Å². The molecule has 2 aromatic rings. The molecule has 0 N–H and O–H groups in total. The standard InChI is InChI=1S/C20H18FN/c1-16(12-13-18-8-5-4-6-9-18)14-17(2)22(3)20-11-7-10-19(21)15-20/h4-11,14-15H,1H2,2-3H3/b17-14-. The fourth-order valence-corrected chi connectivity index (χ4v) is 1.95. The molecule has 0 aromatic heterocycles. The summed E-state index contributed by atoms with van der Waals surface area (Å²) in [5, 5.41) is 0. The van der Waals surface area contributed by atoms with Crippen LogP contribution in [0.3, 0.4) is 0 Å². The van der Waals surface area contributed by atoms with Crippen LogP contribution in [0.1, 0.15) is 12.5 Å². The van der Waals surface area contributed by atoms with Crippen molar-refractivity contribution in [1.82, 2.24) is 0 Å². The molecule has 22 heavy (non-hydrogen) atoms. The summed E-state index contributed by atoms with van der Waals surface area (Å²) in [7, 11) is 1.89. The molecule has 0 aliphatic heterocycles. The highest BCUT2D eigenvalue weighted by atomic mass is 19.1. The van der Waals surface area contributed by atoms with Crippen molar-refractivity contribution in [2.24, 2.45) is 0 Å². The van der Waals surface area contributed by atoms with E-state index >= 15 is 0 Å². The summed E-state index contributed by atoms with van der Waals surface area (Å²) in [4.78, 5) is 1.90. The van der Waals surface area contributed by atoms with E-state index in [1.165, 1.54) is 12.1 Å². The molecule has 110 valence electrons. The highest BCUT2D eigenvalue weighted by molar-refractivity contribution is 5.53. The van der Waals surface area contributed by atoms with Crippen molar-refractivity contribution in [1.29, 1.82) is 0 Å². The quantitative estimate of drug-likeness (QED) is 0.581. The molecule has 0 atom stereocenters. The molecule has 0 radical (unpaired) electrons. The molecule has 0 unspecified atom stereocenters. The highest BCUT2D eigenvalue weighted by Gasteiger charge is 2.03. The molecule has 0 saturated carbocycles. The largest absolute Gasteiger partial charge is 0.348 e. The molecule has 0 bridgehead atoms. The predicted octanol–water partition coefficient (Wildman–Crippen LogP) is 4.77. The minimum atomic E-state index is -0.250. The zero-order valence-corrected chi connectivity index (χ0v) is 12.8. The third-order valence-corrected chi connectivity index (χ3v) is 3.25. The third kappa shape index (κ3) is 4.36. The van der Waals surface area contributed by atoms with Crippen LogP contribution in [0.25, 0.3) is 0 Å². The Morgan fingerprint density at radius 2 is 1.86 bits per heavy atom. The van der Waals surface area contributed by atoms with Crippen molar-refractivity contribution in [2.75, 3.05) is 11.9 Å². The van der Waals surface area contributed by atoms with E-state index < -0.39 is 0 Å². The molecule has 2 rings (SSSR count). The SMILES string of the molecule is C=C(C#Cc1ccccc1)/C=C(/C)N(C)c1cccc(F)c1. The summed E-state index contributed by atoms with van der Waals surface area (Å²) in [6, 6.07) is 16.2. The lowest BCUT2D eigenvalue weighted by atomic mass is 10.2. The van der Waals surface area contributed by atoms with Crippen molar-refractivity contribution in [3.63, 3.8) is 0 Å². The first-order chi connectivity index (χ1) is 10.6. The summed E-state index contributed by atoms with van der Waals surface area (Å²) in [6.45, 7) is 5.90. The Kier molecular flexibility index (Phi) is 5.16. The van der Waals surface area contributed by atoms with Crippen molar-refractivity contribution >= 4 is 5.69 Å². The summed E-state index contributed by atoms with van der Waals surface area (Å²) in [6.07, 6.45) is 1.89. The molecule has 2 heteroatoms. The fraction of sp³-hybridized carbons (Fsp3) is 0.100. The van der Waals surface area contributed by atoms with Gasteiger partial charge in [-0.1, -0.05) is 42.7 Å². The molecule has 0 heterocycles. The smallest absolute Gasteiger partial charge is 0.125 e. The van der Waals surface area contributed by atoms with E-state index in [1.807, 2.05) is 61.3 Å². The second-order valence-corrected chi connectivity index (χ2v) is 4.97. The van der Waals surface area contributed by atoms with Gasteiger partial charge in [-0.05, 0) is 43.3 Å². The third-order valence-electron chi connectivity index (χ3n) is 3.25. The molecular weight excluding hydrogens is 273 g/mol. The van der Waals surface area contributed by atoms with Crippen LogP contribution in [0.4, 0.5) is 10.1 Å². The number of hydrogen-bond donors (Lipinski definition) is 0. The van der Waals surface area contributed by atoms with Gasteiger partial charge in [-0.3, -0.25) is 0 Å². The van der Waals surface area contributed by atoms with Gasteiger partial charge in [0.2, 0.25) is 0 Å². The van der Waals surface area contributed by atoms with Gasteiger partial charge in [-0.25, -0.2) is 4.39 Å². The maximum absolute atomic E-state index is 13.3. The van der Waals surface area contributed by atoms with Crippen molar-refractivity contribution in [2.45, 2.75) is 6.92 Å². The van der Waals surface area contributed by atoms with Crippen LogP contribution in [0, 0.1) is 17.7 Å². The first-order valence-corrected chi connectivity index (χ1v) is 7.00. The minimum absolute atomic E-state index is 0.250. The lowest BCUT2D eigenvalue weighted by Crippen LogP contribution is -2.14. The van der Waals surface area contributed by atoms with Crippen LogP contribution in [0.2, 0.25) is 0 Å². The van der Waals surface area contributed by atoms with Crippen molar-refractivity contribution < 1.29 is 4.39 Å². The van der Waals surface area contributed by atoms with Crippen LogP contribution in [0.5, 0.6) is 0 Å². The number of rotatable bonds is 3. The number of nitrogens with zero attached hydrogens (tertiary/aromatic N) is 1. The lowest BCUT2D eigenvalue weighted by Gasteiger charge is -2.20. The lowest BCUT2D eigenvalue weighted by molar-refractivity contribution is 0.627. The van der Waals surface area contributed by atoms with Crippen molar-refractivity contribution in [3.8, 4) is 11.8 Å². The van der Waals surface area contributed by atoms with E-state index in [0.29, 0.717) is 5.57 Å². The Bertz CT molecular complexity index is 748. The summed E-state index contributed by atoms with van der Waals surface area (Å²) >= 11 is 0. The van der Waals surface area contributed by atoms with Gasteiger partial charge in [-0.15, -0.1) is 0 Å². The fourth-order valence-electron chi connectivity index (χ4n) is 1.95. The molecule has 2 aromatic carbocycles. The Morgan fingerprint density at radius 1 is 1.14 bits per heavy atom. The van der Waals surface area contributed by atoms with Crippen molar-refractivity contribution in [3.05, 3.63) is 89.9 Å². The number of halogens is 1. The van der Waals surface area contributed by atoms with E-state index in [-0.39, 0.29) is 5.82 Å². The van der Waals surface area contributed by atoms with E-state index in [9.17, 15) is 4.39 Å². The monoisotopic (exact) mass is 291 g/mol. The van der Waals surface area contributed by atoms with Crippen LogP contribution in [0.15, 0.2) is 78.5 Å². The van der Waals surface area contributed by atoms with E-state index in [4.69, 9.17) is 0 Å². The Balaban J connectivity index is 2.11. The maximum atomic E-state index is 13.3. The normalized spacial score (nSPS) is 10.6. The first kappa shape index (κ1) is 15.6. The Hall–Kier alpha value is -2.79. The van der Waals surface area contributed by atoms with Crippen LogP contribution in [-0.2, 0) is 0 Å². The number of anilines is 1. The summed E-state index contributed by atoms with van der Waals surface area (Å²) < 4.78 is 13.3. The molecule has 0 aliphatic carbocycles. The average Bonchev–Trinajstić information content (AvgIpc) is 2.53. The second-order valence-electron chi connectivity index (χ2n) is 4.97. The van der Waals surface area contributed by atoms with Gasteiger partial charge in [0.25, 0.3) is 0 Å². The van der Waals surface area contributed by atoms with Crippen LogP contribution < -0.4 is 4.90 Å². The van der Waals surface area contributed by atoms with Gasteiger partial charge in [0, 0.05) is 29.6 Å².